The molecule has 5 nitrogen and oxygen atoms in total. The maximum atomic E-state index is 12.9. The van der Waals surface area contributed by atoms with E-state index in [0.717, 1.165) is 44.1 Å². The molecule has 7 heteroatoms. The Hall–Kier alpha value is -1.89. The molecule has 0 unspecified atom stereocenters. The van der Waals surface area contributed by atoms with Gasteiger partial charge in [-0.05, 0) is 61.6 Å². The summed E-state index contributed by atoms with van der Waals surface area (Å²) >= 11 is 5.88. The summed E-state index contributed by atoms with van der Waals surface area (Å²) in [4.78, 5) is 12.7. The second-order valence-electron chi connectivity index (χ2n) is 7.33. The number of aryl methyl sites for hydroxylation is 1. The predicted molar refractivity (Wildman–Crippen MR) is 116 cm³/mol. The zero-order valence-electron chi connectivity index (χ0n) is 16.4. The van der Waals surface area contributed by atoms with Gasteiger partial charge in [-0.25, -0.2) is 8.42 Å². The molecule has 156 valence electrons. The van der Waals surface area contributed by atoms with Gasteiger partial charge in [0, 0.05) is 30.2 Å². The van der Waals surface area contributed by atoms with Gasteiger partial charge in [0.1, 0.15) is 0 Å². The maximum Gasteiger partial charge on any atom is 0.251 e. The molecule has 1 aliphatic rings. The number of hydrogen-bond donors (Lipinski definition) is 1. The zero-order chi connectivity index (χ0) is 20.7. The molecule has 0 atom stereocenters. The molecule has 0 spiro atoms. The van der Waals surface area contributed by atoms with Gasteiger partial charge in [-0.3, -0.25) is 4.79 Å². The van der Waals surface area contributed by atoms with E-state index in [1.807, 2.05) is 24.3 Å². The Kier molecular flexibility index (Phi) is 7.70. The number of nitrogens with one attached hydrogen (secondary N) is 1. The lowest BCUT2D eigenvalue weighted by Gasteiger charge is -2.20. The number of benzene rings is 2. The molecule has 1 saturated heterocycles. The fourth-order valence-corrected chi connectivity index (χ4v) is 5.17. The van der Waals surface area contributed by atoms with E-state index in [-0.39, 0.29) is 10.8 Å². The van der Waals surface area contributed by atoms with Crippen molar-refractivity contribution < 1.29 is 13.2 Å². The molecular weight excluding hydrogens is 408 g/mol. The normalized spacial score (nSPS) is 15.6. The van der Waals surface area contributed by atoms with Crippen LogP contribution in [0.4, 0.5) is 0 Å². The van der Waals surface area contributed by atoms with Crippen LogP contribution in [0.1, 0.15) is 48.0 Å². The summed E-state index contributed by atoms with van der Waals surface area (Å²) in [6.45, 7) is 1.61. The highest BCUT2D eigenvalue weighted by Gasteiger charge is 2.25. The Balaban J connectivity index is 1.57. The van der Waals surface area contributed by atoms with Gasteiger partial charge in [-0.2, -0.15) is 4.31 Å². The van der Waals surface area contributed by atoms with Crippen LogP contribution in [0.25, 0.3) is 0 Å². The van der Waals surface area contributed by atoms with Crippen LogP contribution >= 0.6 is 11.6 Å². The third-order valence-electron chi connectivity index (χ3n) is 5.14. The number of carbonyl (C=O) groups excluding carboxylic acids is 1. The molecule has 1 fully saturated rings. The molecule has 0 aliphatic carbocycles. The van der Waals surface area contributed by atoms with Crippen molar-refractivity contribution in [2.45, 2.75) is 43.4 Å². The fraction of sp³-hybridized carbons (Fsp3) is 0.409. The minimum atomic E-state index is -3.56. The van der Waals surface area contributed by atoms with Crippen molar-refractivity contribution in [3.63, 3.8) is 0 Å². The largest absolute Gasteiger partial charge is 0.352 e. The predicted octanol–water partition coefficient (Wildman–Crippen LogP) is 4.27. The number of carbonyl (C=O) groups is 1. The Morgan fingerprint density at radius 3 is 2.38 bits per heavy atom. The molecule has 0 radical (unpaired) electrons. The van der Waals surface area contributed by atoms with Gasteiger partial charge in [0.15, 0.2) is 0 Å². The molecule has 1 amide bonds. The molecule has 0 saturated carbocycles. The molecule has 0 aromatic heterocycles. The first kappa shape index (κ1) is 21.8. The van der Waals surface area contributed by atoms with Gasteiger partial charge in [-0.1, -0.05) is 42.6 Å². The van der Waals surface area contributed by atoms with E-state index in [4.69, 9.17) is 11.6 Å². The lowest BCUT2D eigenvalue weighted by Crippen LogP contribution is -2.32. The minimum Gasteiger partial charge on any atom is -0.352 e. The van der Waals surface area contributed by atoms with E-state index in [0.29, 0.717) is 30.2 Å². The Morgan fingerprint density at radius 2 is 1.69 bits per heavy atom. The molecule has 2 aromatic carbocycles. The molecule has 3 rings (SSSR count). The van der Waals surface area contributed by atoms with Gasteiger partial charge < -0.3 is 5.32 Å². The van der Waals surface area contributed by atoms with Crippen LogP contribution in [0.3, 0.4) is 0 Å². The van der Waals surface area contributed by atoms with E-state index in [1.165, 1.54) is 6.07 Å². The van der Waals surface area contributed by atoms with Crippen LogP contribution in [0.2, 0.25) is 5.02 Å². The van der Waals surface area contributed by atoms with Crippen molar-refractivity contribution in [2.24, 2.45) is 0 Å². The third-order valence-corrected chi connectivity index (χ3v) is 7.29. The molecule has 1 heterocycles. The van der Waals surface area contributed by atoms with Crippen molar-refractivity contribution >= 4 is 27.5 Å². The number of sulfonamides is 1. The van der Waals surface area contributed by atoms with Gasteiger partial charge in [0.05, 0.1) is 4.90 Å². The summed E-state index contributed by atoms with van der Waals surface area (Å²) in [6.07, 6.45) is 5.51. The van der Waals surface area contributed by atoms with E-state index in [1.54, 1.807) is 22.5 Å². The van der Waals surface area contributed by atoms with Crippen molar-refractivity contribution in [2.75, 3.05) is 19.6 Å². The topological polar surface area (TPSA) is 66.5 Å². The van der Waals surface area contributed by atoms with Crippen LogP contribution in [0, 0.1) is 0 Å². The zero-order valence-corrected chi connectivity index (χ0v) is 18.0. The average Bonchev–Trinajstić information content (AvgIpc) is 3.02. The second-order valence-corrected chi connectivity index (χ2v) is 9.71. The lowest BCUT2D eigenvalue weighted by molar-refractivity contribution is 0.0953. The number of hydrogen-bond acceptors (Lipinski definition) is 3. The highest BCUT2D eigenvalue weighted by Crippen LogP contribution is 2.21. The standard InChI is InChI=1S/C22H27ClN2O3S/c23-20-12-10-18(11-13-20)7-6-14-24-22(26)19-8-5-9-21(17-19)29(27,28)25-15-3-1-2-4-16-25/h5,8-13,17H,1-4,6-7,14-16H2,(H,24,26). The summed E-state index contributed by atoms with van der Waals surface area (Å²) in [6, 6.07) is 14.0. The Labute approximate surface area is 178 Å². The Bertz CT molecular complexity index is 921. The van der Waals surface area contributed by atoms with Gasteiger partial charge in [-0.15, -0.1) is 0 Å². The summed E-state index contributed by atoms with van der Waals surface area (Å²) < 4.78 is 27.4. The van der Waals surface area contributed by atoms with Gasteiger partial charge >= 0.3 is 0 Å². The van der Waals surface area contributed by atoms with Crippen molar-refractivity contribution in [3.8, 4) is 0 Å². The van der Waals surface area contributed by atoms with Crippen LogP contribution in [0.15, 0.2) is 53.4 Å². The second kappa shape index (κ2) is 10.2. The molecule has 1 N–H and O–H groups in total. The maximum absolute atomic E-state index is 12.9. The highest BCUT2D eigenvalue weighted by molar-refractivity contribution is 7.89. The average molecular weight is 435 g/mol. The lowest BCUT2D eigenvalue weighted by atomic mass is 10.1. The first-order valence-electron chi connectivity index (χ1n) is 10.1. The third kappa shape index (κ3) is 6.04. The van der Waals surface area contributed by atoms with Gasteiger partial charge in [0.2, 0.25) is 10.0 Å². The summed E-state index contributed by atoms with van der Waals surface area (Å²) in [5.41, 5.74) is 1.53. The smallest absolute Gasteiger partial charge is 0.251 e. The molecule has 1 aliphatic heterocycles. The first-order chi connectivity index (χ1) is 14.0. The SMILES string of the molecule is O=C(NCCCc1ccc(Cl)cc1)c1cccc(S(=O)(=O)N2CCCCCC2)c1. The molecular formula is C22H27ClN2O3S. The van der Waals surface area contributed by atoms with Crippen LogP contribution in [-0.2, 0) is 16.4 Å². The summed E-state index contributed by atoms with van der Waals surface area (Å²) in [5.74, 6) is -0.256. The minimum absolute atomic E-state index is 0.188. The van der Waals surface area contributed by atoms with Crippen LogP contribution in [-0.4, -0.2) is 38.3 Å². The van der Waals surface area contributed by atoms with Gasteiger partial charge in [0.25, 0.3) is 5.91 Å². The van der Waals surface area contributed by atoms with Crippen LogP contribution < -0.4 is 5.32 Å². The monoisotopic (exact) mass is 434 g/mol. The van der Waals surface area contributed by atoms with Crippen molar-refractivity contribution in [3.05, 3.63) is 64.7 Å². The van der Waals surface area contributed by atoms with E-state index in [2.05, 4.69) is 5.32 Å². The van der Waals surface area contributed by atoms with E-state index in [9.17, 15) is 13.2 Å². The first-order valence-corrected chi connectivity index (χ1v) is 11.9. The number of nitrogens with zero attached hydrogens (tertiary/aromatic N) is 1. The van der Waals surface area contributed by atoms with Crippen LogP contribution in [0.5, 0.6) is 0 Å². The number of rotatable bonds is 7. The van der Waals surface area contributed by atoms with E-state index < -0.39 is 10.0 Å². The highest BCUT2D eigenvalue weighted by atomic mass is 35.5. The molecule has 2 aromatic rings. The van der Waals surface area contributed by atoms with E-state index >= 15 is 0 Å². The molecule has 0 bridgehead atoms. The summed E-state index contributed by atoms with van der Waals surface area (Å²) in [7, 11) is -3.56. The molecule has 29 heavy (non-hydrogen) atoms. The quantitative estimate of drug-likeness (QED) is 0.662. The van der Waals surface area contributed by atoms with Crippen molar-refractivity contribution in [1.29, 1.82) is 0 Å². The fourth-order valence-electron chi connectivity index (χ4n) is 3.48. The number of amides is 1. The summed E-state index contributed by atoms with van der Waals surface area (Å²) in [5, 5.41) is 3.58. The number of halogens is 1. The Morgan fingerprint density at radius 1 is 1.00 bits per heavy atom. The van der Waals surface area contributed by atoms with Crippen molar-refractivity contribution in [1.82, 2.24) is 9.62 Å².